The van der Waals surface area contributed by atoms with Crippen molar-refractivity contribution in [3.63, 3.8) is 0 Å². The predicted octanol–water partition coefficient (Wildman–Crippen LogP) is -2.80. The standard InChI is InChI=1S/C13H21N5O5/c14-7(3-2-6-17-12(15)16)10(20)18-9(11(21)22)13(23)5-1-4-8(13)19/h1,4,7,9,23H,2-3,5-6,14H2,(H,18,20)(H,21,22)(H4,15,16,17). The maximum Gasteiger partial charge on any atom is 0.329 e. The number of carboxylic acid groups (broad SMARTS) is 1. The summed E-state index contributed by atoms with van der Waals surface area (Å²) in [6.45, 7) is 0.276. The van der Waals surface area contributed by atoms with Crippen LogP contribution in [-0.4, -0.2) is 58.1 Å². The van der Waals surface area contributed by atoms with E-state index < -0.39 is 35.3 Å². The highest BCUT2D eigenvalue weighted by Crippen LogP contribution is 2.24. The minimum atomic E-state index is -2.19. The van der Waals surface area contributed by atoms with Gasteiger partial charge in [-0.25, -0.2) is 4.79 Å². The van der Waals surface area contributed by atoms with E-state index in [-0.39, 0.29) is 25.3 Å². The van der Waals surface area contributed by atoms with E-state index in [1.807, 2.05) is 0 Å². The van der Waals surface area contributed by atoms with Gasteiger partial charge in [-0.3, -0.25) is 14.6 Å². The van der Waals surface area contributed by atoms with Crippen LogP contribution in [0.3, 0.4) is 0 Å². The molecule has 0 aromatic heterocycles. The Bertz CT molecular complexity index is 543. The number of amides is 1. The van der Waals surface area contributed by atoms with Gasteiger partial charge in [-0.2, -0.15) is 0 Å². The Morgan fingerprint density at radius 2 is 2.09 bits per heavy atom. The Balaban J connectivity index is 2.63. The largest absolute Gasteiger partial charge is 0.480 e. The number of rotatable bonds is 8. The lowest BCUT2D eigenvalue weighted by Gasteiger charge is -2.29. The van der Waals surface area contributed by atoms with Crippen LogP contribution in [0.25, 0.3) is 0 Å². The zero-order valence-corrected chi connectivity index (χ0v) is 12.4. The fourth-order valence-corrected chi connectivity index (χ4v) is 2.14. The Morgan fingerprint density at radius 3 is 2.57 bits per heavy atom. The Hall–Kier alpha value is -2.46. The van der Waals surface area contributed by atoms with Gasteiger partial charge in [0.1, 0.15) is 0 Å². The number of aliphatic imine (C=N–C) groups is 1. The van der Waals surface area contributed by atoms with E-state index in [0.717, 1.165) is 6.08 Å². The van der Waals surface area contributed by atoms with E-state index in [4.69, 9.17) is 17.2 Å². The molecule has 9 N–H and O–H groups in total. The van der Waals surface area contributed by atoms with Gasteiger partial charge < -0.3 is 32.7 Å². The fourth-order valence-electron chi connectivity index (χ4n) is 2.14. The molecule has 0 saturated carbocycles. The van der Waals surface area contributed by atoms with Crippen LogP contribution in [0.5, 0.6) is 0 Å². The molecule has 23 heavy (non-hydrogen) atoms. The molecule has 3 atom stereocenters. The molecule has 0 heterocycles. The first-order valence-corrected chi connectivity index (χ1v) is 6.96. The fraction of sp³-hybridized carbons (Fsp3) is 0.538. The first-order valence-electron chi connectivity index (χ1n) is 6.96. The van der Waals surface area contributed by atoms with E-state index in [0.29, 0.717) is 6.42 Å². The summed E-state index contributed by atoms with van der Waals surface area (Å²) in [5.41, 5.74) is 13.8. The summed E-state index contributed by atoms with van der Waals surface area (Å²) < 4.78 is 0. The molecule has 1 aliphatic rings. The number of nitrogens with zero attached hydrogens (tertiary/aromatic N) is 1. The van der Waals surface area contributed by atoms with Crippen molar-refractivity contribution < 1.29 is 24.6 Å². The van der Waals surface area contributed by atoms with Gasteiger partial charge in [-0.05, 0) is 18.9 Å². The highest BCUT2D eigenvalue weighted by atomic mass is 16.4. The normalized spacial score (nSPS) is 22.4. The van der Waals surface area contributed by atoms with Gasteiger partial charge in [-0.1, -0.05) is 6.08 Å². The molecule has 0 saturated heterocycles. The van der Waals surface area contributed by atoms with Crippen molar-refractivity contribution >= 4 is 23.6 Å². The molecule has 0 aromatic carbocycles. The number of aliphatic hydroxyl groups is 1. The number of hydrogen-bond donors (Lipinski definition) is 6. The van der Waals surface area contributed by atoms with Gasteiger partial charge >= 0.3 is 5.97 Å². The molecule has 128 valence electrons. The summed E-state index contributed by atoms with van der Waals surface area (Å²) in [7, 11) is 0. The second-order valence-electron chi connectivity index (χ2n) is 5.23. The molecular weight excluding hydrogens is 306 g/mol. The van der Waals surface area contributed by atoms with Crippen LogP contribution < -0.4 is 22.5 Å². The van der Waals surface area contributed by atoms with Gasteiger partial charge in [0.25, 0.3) is 0 Å². The van der Waals surface area contributed by atoms with E-state index in [2.05, 4.69) is 10.3 Å². The Kier molecular flexibility index (Phi) is 6.22. The monoisotopic (exact) mass is 327 g/mol. The Morgan fingerprint density at radius 1 is 1.43 bits per heavy atom. The number of carbonyl (C=O) groups is 3. The first kappa shape index (κ1) is 18.6. The average Bonchev–Trinajstić information content (AvgIpc) is 2.80. The highest BCUT2D eigenvalue weighted by molar-refractivity contribution is 6.04. The molecule has 10 heteroatoms. The van der Waals surface area contributed by atoms with Crippen molar-refractivity contribution in [2.45, 2.75) is 36.9 Å². The number of guanidine groups is 1. The second-order valence-corrected chi connectivity index (χ2v) is 5.23. The van der Waals surface area contributed by atoms with E-state index in [9.17, 15) is 24.6 Å². The van der Waals surface area contributed by atoms with Crippen LogP contribution in [0.1, 0.15) is 19.3 Å². The molecule has 3 unspecified atom stereocenters. The number of hydrogen-bond acceptors (Lipinski definition) is 6. The van der Waals surface area contributed by atoms with Crippen LogP contribution >= 0.6 is 0 Å². The van der Waals surface area contributed by atoms with Crippen LogP contribution in [0.2, 0.25) is 0 Å². The number of nitrogens with two attached hydrogens (primary N) is 3. The minimum Gasteiger partial charge on any atom is -0.480 e. The van der Waals surface area contributed by atoms with Crippen molar-refractivity contribution in [1.82, 2.24) is 5.32 Å². The minimum absolute atomic E-state index is 0.0802. The van der Waals surface area contributed by atoms with Gasteiger partial charge in [0.15, 0.2) is 23.4 Å². The van der Waals surface area contributed by atoms with Crippen LogP contribution in [0, 0.1) is 0 Å². The third kappa shape index (κ3) is 4.76. The van der Waals surface area contributed by atoms with E-state index in [1.54, 1.807) is 0 Å². The number of carboxylic acids is 1. The lowest BCUT2D eigenvalue weighted by Crippen LogP contribution is -2.61. The maximum absolute atomic E-state index is 12.0. The topological polar surface area (TPSA) is 194 Å². The number of carbonyl (C=O) groups excluding carboxylic acids is 2. The lowest BCUT2D eigenvalue weighted by molar-refractivity contribution is -0.155. The number of aliphatic carboxylic acids is 1. The molecule has 0 aromatic rings. The van der Waals surface area contributed by atoms with Crippen molar-refractivity contribution in [3.8, 4) is 0 Å². The predicted molar refractivity (Wildman–Crippen MR) is 81.2 cm³/mol. The SMILES string of the molecule is NC(N)=NCCCC(N)C(=O)NC(C(=O)O)C1(O)CC=CC1=O. The molecular formula is C13H21N5O5. The molecule has 0 radical (unpaired) electrons. The quantitative estimate of drug-likeness (QED) is 0.156. The van der Waals surface area contributed by atoms with Gasteiger partial charge in [-0.15, -0.1) is 0 Å². The zero-order valence-electron chi connectivity index (χ0n) is 12.4. The van der Waals surface area contributed by atoms with E-state index in [1.165, 1.54) is 6.08 Å². The Labute approximate surface area is 132 Å². The summed E-state index contributed by atoms with van der Waals surface area (Å²) >= 11 is 0. The number of ketones is 1. The summed E-state index contributed by atoms with van der Waals surface area (Å²) in [5.74, 6) is -3.16. The molecule has 1 amide bonds. The number of nitrogens with one attached hydrogen (secondary N) is 1. The van der Waals surface area contributed by atoms with Gasteiger partial charge in [0.05, 0.1) is 6.04 Å². The third-order valence-electron chi connectivity index (χ3n) is 3.44. The maximum atomic E-state index is 12.0. The molecule has 0 fully saturated rings. The average molecular weight is 327 g/mol. The second kappa shape index (κ2) is 7.70. The van der Waals surface area contributed by atoms with Crippen LogP contribution in [-0.2, 0) is 14.4 Å². The molecule has 0 bridgehead atoms. The van der Waals surface area contributed by atoms with Gasteiger partial charge in [0, 0.05) is 13.0 Å². The molecule has 1 aliphatic carbocycles. The van der Waals surface area contributed by atoms with Crippen molar-refractivity contribution in [2.75, 3.05) is 6.54 Å². The third-order valence-corrected chi connectivity index (χ3v) is 3.44. The summed E-state index contributed by atoms with van der Waals surface area (Å²) in [5, 5.41) is 21.5. The molecule has 0 aliphatic heterocycles. The first-order chi connectivity index (χ1) is 10.7. The smallest absolute Gasteiger partial charge is 0.329 e. The summed E-state index contributed by atoms with van der Waals surface area (Å²) in [6.07, 6.45) is 2.86. The highest BCUT2D eigenvalue weighted by Gasteiger charge is 2.49. The van der Waals surface area contributed by atoms with Crippen molar-refractivity contribution in [1.29, 1.82) is 0 Å². The van der Waals surface area contributed by atoms with Crippen LogP contribution in [0.15, 0.2) is 17.1 Å². The van der Waals surface area contributed by atoms with Crippen molar-refractivity contribution in [2.24, 2.45) is 22.2 Å². The van der Waals surface area contributed by atoms with Crippen molar-refractivity contribution in [3.05, 3.63) is 12.2 Å². The molecule has 1 rings (SSSR count). The van der Waals surface area contributed by atoms with Crippen LogP contribution in [0.4, 0.5) is 0 Å². The molecule has 0 spiro atoms. The van der Waals surface area contributed by atoms with Gasteiger partial charge in [0.2, 0.25) is 5.91 Å². The summed E-state index contributed by atoms with van der Waals surface area (Å²) in [4.78, 5) is 38.6. The van der Waals surface area contributed by atoms with E-state index >= 15 is 0 Å². The lowest BCUT2D eigenvalue weighted by atomic mass is 9.90. The molecule has 10 nitrogen and oxygen atoms in total. The zero-order chi connectivity index (χ0) is 17.6. The summed E-state index contributed by atoms with van der Waals surface area (Å²) in [6, 6.07) is -2.79.